The van der Waals surface area contributed by atoms with E-state index in [1.807, 2.05) is 18.5 Å². The Morgan fingerprint density at radius 1 is 1.39 bits per heavy atom. The number of hydrogen-bond acceptors (Lipinski definition) is 2. The summed E-state index contributed by atoms with van der Waals surface area (Å²) >= 11 is 0. The fourth-order valence-corrected chi connectivity index (χ4v) is 2.60. The standard InChI is InChI=1S/C15H20N2O/c18-12-5-1-3-10-17-11-4-2-8-15(17)14-7-6-9-16-13-14/h6-7,9,13,15,18H,2,4-5,8,10-12H2/p+1/t15-/m1/s1. The predicted molar refractivity (Wildman–Crippen MR) is 71.0 cm³/mol. The number of nitrogens with zero attached hydrogens (tertiary/aromatic N) is 1. The molecule has 1 aliphatic rings. The number of rotatable bonds is 3. The van der Waals surface area contributed by atoms with Crippen LogP contribution < -0.4 is 4.90 Å². The molecular formula is C15H21N2O+. The van der Waals surface area contributed by atoms with E-state index >= 15 is 0 Å². The lowest BCUT2D eigenvalue weighted by molar-refractivity contribution is -0.930. The highest BCUT2D eigenvalue weighted by Gasteiger charge is 2.26. The van der Waals surface area contributed by atoms with E-state index < -0.39 is 0 Å². The SMILES string of the molecule is OCCC#CC[NH+]1CCCC[C@@H]1c1cccnc1. The Morgan fingerprint density at radius 2 is 2.33 bits per heavy atom. The van der Waals surface area contributed by atoms with E-state index in [2.05, 4.69) is 22.9 Å². The second-order valence-electron chi connectivity index (χ2n) is 4.75. The molecule has 1 saturated heterocycles. The van der Waals surface area contributed by atoms with Gasteiger partial charge in [-0.15, -0.1) is 0 Å². The molecule has 18 heavy (non-hydrogen) atoms. The molecular weight excluding hydrogens is 224 g/mol. The first kappa shape index (κ1) is 13.1. The van der Waals surface area contributed by atoms with E-state index in [1.54, 1.807) is 4.90 Å². The molecule has 0 bridgehead atoms. The number of aliphatic hydroxyl groups excluding tert-OH is 1. The summed E-state index contributed by atoms with van der Waals surface area (Å²) in [6.07, 6.45) is 8.21. The molecule has 96 valence electrons. The quantitative estimate of drug-likeness (QED) is 0.764. The molecule has 1 aromatic heterocycles. The molecule has 2 atom stereocenters. The molecule has 0 aromatic carbocycles. The van der Waals surface area contributed by atoms with Crippen molar-refractivity contribution in [3.63, 3.8) is 0 Å². The van der Waals surface area contributed by atoms with Crippen LogP contribution in [-0.4, -0.2) is 29.8 Å². The van der Waals surface area contributed by atoms with Gasteiger partial charge in [0.2, 0.25) is 0 Å². The van der Waals surface area contributed by atoms with Crippen molar-refractivity contribution in [2.45, 2.75) is 31.7 Å². The molecule has 2 rings (SSSR count). The minimum absolute atomic E-state index is 0.161. The summed E-state index contributed by atoms with van der Waals surface area (Å²) in [7, 11) is 0. The summed E-state index contributed by atoms with van der Waals surface area (Å²) in [6, 6.07) is 4.72. The molecule has 0 radical (unpaired) electrons. The minimum atomic E-state index is 0.161. The molecule has 1 aromatic rings. The third kappa shape index (κ3) is 3.56. The molecule has 0 spiro atoms. The maximum atomic E-state index is 8.72. The molecule has 0 saturated carbocycles. The summed E-state index contributed by atoms with van der Waals surface area (Å²) in [4.78, 5) is 5.76. The van der Waals surface area contributed by atoms with E-state index in [0.29, 0.717) is 12.5 Å². The van der Waals surface area contributed by atoms with Crippen molar-refractivity contribution in [2.75, 3.05) is 19.7 Å². The van der Waals surface area contributed by atoms with E-state index in [1.165, 1.54) is 31.4 Å². The van der Waals surface area contributed by atoms with E-state index in [9.17, 15) is 0 Å². The second-order valence-corrected chi connectivity index (χ2v) is 4.75. The molecule has 2 N–H and O–H groups in total. The molecule has 1 unspecified atom stereocenters. The van der Waals surface area contributed by atoms with Gasteiger partial charge in [0.25, 0.3) is 0 Å². The van der Waals surface area contributed by atoms with Crippen LogP contribution in [0.25, 0.3) is 0 Å². The second kappa shape index (κ2) is 7.15. The normalized spacial score (nSPS) is 23.2. The van der Waals surface area contributed by atoms with Gasteiger partial charge in [0.05, 0.1) is 13.2 Å². The van der Waals surface area contributed by atoms with Crippen molar-refractivity contribution in [1.82, 2.24) is 4.98 Å². The number of aromatic nitrogens is 1. The Bertz CT molecular complexity index is 407. The molecule has 0 aliphatic carbocycles. The highest BCUT2D eigenvalue weighted by atomic mass is 16.2. The molecule has 3 heteroatoms. The summed E-state index contributed by atoms with van der Waals surface area (Å²) in [6.45, 7) is 2.22. The van der Waals surface area contributed by atoms with Crippen molar-refractivity contribution in [1.29, 1.82) is 0 Å². The van der Waals surface area contributed by atoms with Gasteiger partial charge >= 0.3 is 0 Å². The number of hydrogen-bond donors (Lipinski definition) is 2. The lowest BCUT2D eigenvalue weighted by Gasteiger charge is -2.31. The Labute approximate surface area is 109 Å². The Balaban J connectivity index is 2.01. The van der Waals surface area contributed by atoms with Crippen molar-refractivity contribution in [3.8, 4) is 11.8 Å². The first-order valence-electron chi connectivity index (χ1n) is 6.73. The van der Waals surface area contributed by atoms with Crippen LogP contribution >= 0.6 is 0 Å². The first-order valence-corrected chi connectivity index (χ1v) is 6.73. The minimum Gasteiger partial charge on any atom is -0.395 e. The largest absolute Gasteiger partial charge is 0.395 e. The van der Waals surface area contributed by atoms with Gasteiger partial charge in [-0.3, -0.25) is 4.98 Å². The van der Waals surface area contributed by atoms with Gasteiger partial charge in [-0.25, -0.2) is 0 Å². The molecule has 2 heterocycles. The van der Waals surface area contributed by atoms with E-state index in [0.717, 1.165) is 6.54 Å². The average Bonchev–Trinajstić information content (AvgIpc) is 2.45. The fourth-order valence-electron chi connectivity index (χ4n) is 2.60. The lowest BCUT2D eigenvalue weighted by atomic mass is 9.96. The zero-order valence-corrected chi connectivity index (χ0v) is 10.7. The first-order chi connectivity index (χ1) is 8.92. The van der Waals surface area contributed by atoms with E-state index in [-0.39, 0.29) is 6.61 Å². The predicted octanol–water partition coefficient (Wildman–Crippen LogP) is 0.577. The highest BCUT2D eigenvalue weighted by Crippen LogP contribution is 2.17. The van der Waals surface area contributed by atoms with Crippen LogP contribution in [0.15, 0.2) is 24.5 Å². The zero-order chi connectivity index (χ0) is 12.6. The monoisotopic (exact) mass is 245 g/mol. The number of piperidine rings is 1. The van der Waals surface area contributed by atoms with Crippen LogP contribution in [0.1, 0.15) is 37.3 Å². The average molecular weight is 245 g/mol. The molecule has 3 nitrogen and oxygen atoms in total. The van der Waals surface area contributed by atoms with Crippen LogP contribution in [0.2, 0.25) is 0 Å². The Kier molecular flexibility index (Phi) is 5.19. The van der Waals surface area contributed by atoms with E-state index in [4.69, 9.17) is 5.11 Å². The summed E-state index contributed by atoms with van der Waals surface area (Å²) < 4.78 is 0. The van der Waals surface area contributed by atoms with Gasteiger partial charge in [-0.05, 0) is 24.8 Å². The number of nitrogens with one attached hydrogen (secondary N) is 1. The Hall–Kier alpha value is -1.37. The van der Waals surface area contributed by atoms with Crippen LogP contribution in [0.5, 0.6) is 0 Å². The van der Waals surface area contributed by atoms with Crippen LogP contribution in [0.3, 0.4) is 0 Å². The van der Waals surface area contributed by atoms with Gasteiger partial charge < -0.3 is 10.0 Å². The van der Waals surface area contributed by atoms with Gasteiger partial charge in [-0.1, -0.05) is 12.0 Å². The maximum absolute atomic E-state index is 8.72. The summed E-state index contributed by atoms with van der Waals surface area (Å²) in [5, 5.41) is 8.72. The molecule has 1 aliphatic heterocycles. The van der Waals surface area contributed by atoms with Crippen molar-refractivity contribution in [2.24, 2.45) is 0 Å². The third-order valence-electron chi connectivity index (χ3n) is 3.50. The number of pyridine rings is 1. The lowest BCUT2D eigenvalue weighted by Crippen LogP contribution is -3.13. The number of likely N-dealkylation sites (tertiary alicyclic amines) is 1. The van der Waals surface area contributed by atoms with Crippen molar-refractivity contribution in [3.05, 3.63) is 30.1 Å². The third-order valence-corrected chi connectivity index (χ3v) is 3.50. The summed E-state index contributed by atoms with van der Waals surface area (Å²) in [5.41, 5.74) is 1.33. The van der Waals surface area contributed by atoms with Gasteiger partial charge in [0.15, 0.2) is 0 Å². The Morgan fingerprint density at radius 3 is 3.11 bits per heavy atom. The highest BCUT2D eigenvalue weighted by molar-refractivity contribution is 5.12. The van der Waals surface area contributed by atoms with Crippen LogP contribution in [0.4, 0.5) is 0 Å². The van der Waals surface area contributed by atoms with Crippen molar-refractivity contribution >= 4 is 0 Å². The smallest absolute Gasteiger partial charge is 0.139 e. The summed E-state index contributed by atoms with van der Waals surface area (Å²) in [5.74, 6) is 6.21. The maximum Gasteiger partial charge on any atom is 0.139 e. The fraction of sp³-hybridized carbons (Fsp3) is 0.533. The van der Waals surface area contributed by atoms with Gasteiger partial charge in [-0.2, -0.15) is 0 Å². The van der Waals surface area contributed by atoms with Gasteiger partial charge in [0, 0.05) is 30.8 Å². The number of aliphatic hydroxyl groups is 1. The van der Waals surface area contributed by atoms with Crippen LogP contribution in [-0.2, 0) is 0 Å². The van der Waals surface area contributed by atoms with Crippen molar-refractivity contribution < 1.29 is 10.0 Å². The van der Waals surface area contributed by atoms with Gasteiger partial charge in [0.1, 0.15) is 12.6 Å². The zero-order valence-electron chi connectivity index (χ0n) is 10.7. The number of quaternary nitrogens is 1. The molecule has 0 amide bonds. The topological polar surface area (TPSA) is 37.6 Å². The van der Waals surface area contributed by atoms with Crippen LogP contribution in [0, 0.1) is 11.8 Å². The molecule has 1 fully saturated rings.